The van der Waals surface area contributed by atoms with Crippen molar-refractivity contribution in [3.63, 3.8) is 0 Å². The molecule has 4 aromatic rings. The first-order valence-corrected chi connectivity index (χ1v) is 16.7. The minimum Gasteiger partial charge on any atom is -0.480 e. The maximum Gasteiger partial charge on any atom is 0.341 e. The van der Waals surface area contributed by atoms with Gasteiger partial charge in [0.1, 0.15) is 11.5 Å². The van der Waals surface area contributed by atoms with Gasteiger partial charge in [0.25, 0.3) is 0 Å². The van der Waals surface area contributed by atoms with E-state index in [2.05, 4.69) is 48.5 Å². The van der Waals surface area contributed by atoms with Crippen molar-refractivity contribution in [2.45, 2.75) is 35.5 Å². The van der Waals surface area contributed by atoms with Gasteiger partial charge in [0.2, 0.25) is 0 Å². The summed E-state index contributed by atoms with van der Waals surface area (Å²) in [7, 11) is 0. The summed E-state index contributed by atoms with van der Waals surface area (Å²) >= 11 is 15.9. The van der Waals surface area contributed by atoms with Crippen molar-refractivity contribution in [1.29, 1.82) is 0 Å². The molecule has 0 aliphatic heterocycles. The minimum atomic E-state index is -1.04. The number of hydrogen-bond donors (Lipinski definition) is 2. The van der Waals surface area contributed by atoms with Crippen LogP contribution in [0.2, 0.25) is 10.0 Å². The highest BCUT2D eigenvalue weighted by Crippen LogP contribution is 2.32. The van der Waals surface area contributed by atoms with Crippen LogP contribution in [0.5, 0.6) is 11.5 Å². The third kappa shape index (κ3) is 11.0. The van der Waals surface area contributed by atoms with E-state index in [1.807, 2.05) is 24.3 Å². The van der Waals surface area contributed by atoms with Crippen LogP contribution < -0.4 is 9.47 Å². The van der Waals surface area contributed by atoms with Crippen LogP contribution in [0, 0.1) is 0 Å². The van der Waals surface area contributed by atoms with E-state index in [0.29, 0.717) is 21.5 Å². The standard InChI is InChI=1S/C34H32Cl2O6S2/c35-29-19-27(13-15-31(29)41-21-33(37)38)43-17-1-3-23-5-9-25(10-6-23)26-11-7-24(8-12-26)4-2-18-44-28-14-16-32(30(36)20-28)42-22-34(39)40/h5-16,19-20H,1-4,17-18,21-22H2,(H,37,38)(H,39,40). The van der Waals surface area contributed by atoms with Crippen molar-refractivity contribution < 1.29 is 29.3 Å². The lowest BCUT2D eigenvalue weighted by atomic mass is 10.0. The van der Waals surface area contributed by atoms with Gasteiger partial charge in [0, 0.05) is 9.79 Å². The Labute approximate surface area is 275 Å². The van der Waals surface area contributed by atoms with Crippen molar-refractivity contribution in [2.24, 2.45) is 0 Å². The van der Waals surface area contributed by atoms with Gasteiger partial charge in [0.15, 0.2) is 13.2 Å². The Balaban J connectivity index is 1.16. The van der Waals surface area contributed by atoms with Crippen LogP contribution in [0.25, 0.3) is 11.1 Å². The van der Waals surface area contributed by atoms with Crippen molar-refractivity contribution in [3.8, 4) is 22.6 Å². The number of carboxylic acid groups (broad SMARTS) is 2. The number of halogens is 2. The summed E-state index contributed by atoms with van der Waals surface area (Å²) in [5, 5.41) is 18.3. The zero-order valence-corrected chi connectivity index (χ0v) is 27.0. The van der Waals surface area contributed by atoms with Crippen molar-refractivity contribution in [2.75, 3.05) is 24.7 Å². The highest BCUT2D eigenvalue weighted by Gasteiger charge is 2.08. The molecule has 0 fully saturated rings. The van der Waals surface area contributed by atoms with Gasteiger partial charge < -0.3 is 19.7 Å². The SMILES string of the molecule is O=C(O)COc1ccc(SCCCc2ccc(-c3ccc(CCCSc4ccc(OCC(=O)O)c(Cl)c4)cc3)cc2)cc1Cl. The molecule has 6 nitrogen and oxygen atoms in total. The highest BCUT2D eigenvalue weighted by molar-refractivity contribution is 7.99. The van der Waals surface area contributed by atoms with Gasteiger partial charge in [-0.1, -0.05) is 71.7 Å². The van der Waals surface area contributed by atoms with Gasteiger partial charge >= 0.3 is 11.9 Å². The maximum absolute atomic E-state index is 10.7. The molecule has 0 saturated heterocycles. The minimum absolute atomic E-state index is 0.376. The highest BCUT2D eigenvalue weighted by atomic mass is 35.5. The number of carboxylic acids is 2. The molecule has 0 aromatic heterocycles. The van der Waals surface area contributed by atoms with Crippen LogP contribution in [0.15, 0.2) is 94.7 Å². The zero-order valence-electron chi connectivity index (χ0n) is 23.8. The first kappa shape index (κ1) is 33.6. The molecule has 0 amide bonds. The van der Waals surface area contributed by atoms with Crippen molar-refractivity contribution >= 4 is 58.7 Å². The molecule has 0 atom stereocenters. The summed E-state index contributed by atoms with van der Waals surface area (Å²) in [6.07, 6.45) is 4.00. The predicted octanol–water partition coefficient (Wildman–Crippen LogP) is 9.04. The number of carbonyl (C=O) groups is 2. The monoisotopic (exact) mass is 670 g/mol. The van der Waals surface area contributed by atoms with Crippen LogP contribution >= 0.6 is 46.7 Å². The van der Waals surface area contributed by atoms with Gasteiger partial charge in [-0.25, -0.2) is 9.59 Å². The summed E-state index contributed by atoms with van der Waals surface area (Å²) in [4.78, 5) is 23.4. The number of thioether (sulfide) groups is 2. The molecule has 4 rings (SSSR count). The van der Waals surface area contributed by atoms with Gasteiger partial charge in [-0.05, 0) is 95.8 Å². The van der Waals surface area contributed by atoms with Gasteiger partial charge in [-0.2, -0.15) is 0 Å². The molecule has 0 heterocycles. The molecule has 0 aliphatic carbocycles. The molecule has 0 unspecified atom stereocenters. The number of rotatable bonds is 17. The molecule has 230 valence electrons. The van der Waals surface area contributed by atoms with E-state index in [4.69, 9.17) is 42.9 Å². The number of aryl methyl sites for hydroxylation is 2. The van der Waals surface area contributed by atoms with E-state index in [1.54, 1.807) is 35.7 Å². The van der Waals surface area contributed by atoms with E-state index < -0.39 is 25.2 Å². The van der Waals surface area contributed by atoms with E-state index in [-0.39, 0.29) is 0 Å². The first-order valence-electron chi connectivity index (χ1n) is 14.0. The molecule has 0 bridgehead atoms. The summed E-state index contributed by atoms with van der Waals surface area (Å²) in [6.45, 7) is -0.829. The third-order valence-corrected chi connectivity index (χ3v) is 9.26. The summed E-state index contributed by atoms with van der Waals surface area (Å²) in [6, 6.07) is 28.3. The predicted molar refractivity (Wildman–Crippen MR) is 179 cm³/mol. The van der Waals surface area contributed by atoms with Gasteiger partial charge in [-0.3, -0.25) is 0 Å². The lowest BCUT2D eigenvalue weighted by molar-refractivity contribution is -0.140. The average Bonchev–Trinajstić information content (AvgIpc) is 3.01. The molecular formula is C34H32Cl2O6S2. The lowest BCUT2D eigenvalue weighted by Gasteiger charge is -2.09. The fourth-order valence-electron chi connectivity index (χ4n) is 4.32. The zero-order chi connectivity index (χ0) is 31.3. The smallest absolute Gasteiger partial charge is 0.341 e. The number of hydrogen-bond acceptors (Lipinski definition) is 6. The molecule has 0 saturated carbocycles. The van der Waals surface area contributed by atoms with E-state index in [0.717, 1.165) is 47.0 Å². The molecule has 44 heavy (non-hydrogen) atoms. The second kappa shape index (κ2) is 17.3. The largest absolute Gasteiger partial charge is 0.480 e. The molecular weight excluding hydrogens is 639 g/mol. The Kier molecular flexibility index (Phi) is 13.2. The average molecular weight is 672 g/mol. The second-order valence-electron chi connectivity index (χ2n) is 9.85. The topological polar surface area (TPSA) is 93.1 Å². The van der Waals surface area contributed by atoms with Crippen molar-refractivity contribution in [1.82, 2.24) is 0 Å². The maximum atomic E-state index is 10.7. The van der Waals surface area contributed by atoms with Gasteiger partial charge in [-0.15, -0.1) is 23.5 Å². The quantitative estimate of drug-likeness (QED) is 0.0849. The fraction of sp³-hybridized carbons (Fsp3) is 0.235. The van der Waals surface area contributed by atoms with Crippen LogP contribution in [0.3, 0.4) is 0 Å². The molecule has 10 heteroatoms. The molecule has 0 spiro atoms. The second-order valence-corrected chi connectivity index (χ2v) is 13.0. The summed E-state index contributed by atoms with van der Waals surface area (Å²) in [5.74, 6) is 0.561. The van der Waals surface area contributed by atoms with Crippen molar-refractivity contribution in [3.05, 3.63) is 106 Å². The Hall–Kier alpha value is -3.30. The number of benzene rings is 4. The van der Waals surface area contributed by atoms with Crippen LogP contribution in [-0.4, -0.2) is 46.9 Å². The Morgan fingerprint density at radius 1 is 0.591 bits per heavy atom. The number of ether oxygens (including phenoxy) is 2. The van der Waals surface area contributed by atoms with E-state index in [9.17, 15) is 9.59 Å². The van der Waals surface area contributed by atoms with E-state index >= 15 is 0 Å². The number of aliphatic carboxylic acids is 2. The van der Waals surface area contributed by atoms with Crippen LogP contribution in [0.4, 0.5) is 0 Å². The molecule has 0 radical (unpaired) electrons. The first-order chi connectivity index (χ1) is 21.3. The molecule has 0 aliphatic rings. The Bertz CT molecular complexity index is 1430. The normalized spacial score (nSPS) is 10.9. The Morgan fingerprint density at radius 3 is 1.32 bits per heavy atom. The molecule has 2 N–H and O–H groups in total. The Morgan fingerprint density at radius 2 is 0.977 bits per heavy atom. The van der Waals surface area contributed by atoms with Crippen LogP contribution in [0.1, 0.15) is 24.0 Å². The lowest BCUT2D eigenvalue weighted by Crippen LogP contribution is -2.09. The summed E-state index contributed by atoms with van der Waals surface area (Å²) < 4.78 is 10.3. The van der Waals surface area contributed by atoms with Gasteiger partial charge in [0.05, 0.1) is 10.0 Å². The van der Waals surface area contributed by atoms with Crippen LogP contribution in [-0.2, 0) is 22.4 Å². The fourth-order valence-corrected chi connectivity index (χ4v) is 6.70. The molecule has 4 aromatic carbocycles. The third-order valence-electron chi connectivity index (χ3n) is 6.51. The summed E-state index contributed by atoms with van der Waals surface area (Å²) in [5.41, 5.74) is 4.97. The van der Waals surface area contributed by atoms with E-state index in [1.165, 1.54) is 22.3 Å².